The number of aryl methyl sites for hydroxylation is 1. The number of alkyl halides is 2. The molecule has 7 heteroatoms. The van der Waals surface area contributed by atoms with E-state index in [1.807, 2.05) is 0 Å². The fraction of sp³-hybridized carbons (Fsp3) is 0.143. The van der Waals surface area contributed by atoms with E-state index in [0.29, 0.717) is 5.82 Å². The zero-order chi connectivity index (χ0) is 15.4. The topological polar surface area (TPSA) is 51.2 Å². The summed E-state index contributed by atoms with van der Waals surface area (Å²) in [5.41, 5.74) is 0.756. The number of benzene rings is 1. The average molecular weight is 357 g/mol. The van der Waals surface area contributed by atoms with Crippen molar-refractivity contribution >= 4 is 27.7 Å². The number of carbonyl (C=O) groups excluding carboxylic acids is 1. The monoisotopic (exact) mass is 356 g/mol. The van der Waals surface area contributed by atoms with E-state index in [-0.39, 0.29) is 11.3 Å². The van der Waals surface area contributed by atoms with Crippen LogP contribution in [0.2, 0.25) is 0 Å². The first-order valence-corrected chi connectivity index (χ1v) is 6.74. The number of ether oxygens (including phenoxy) is 1. The van der Waals surface area contributed by atoms with Gasteiger partial charge in [-0.25, -0.2) is 4.98 Å². The van der Waals surface area contributed by atoms with Gasteiger partial charge in [-0.1, -0.05) is 12.1 Å². The van der Waals surface area contributed by atoms with Crippen molar-refractivity contribution in [2.24, 2.45) is 0 Å². The first-order chi connectivity index (χ1) is 9.97. The van der Waals surface area contributed by atoms with E-state index in [1.54, 1.807) is 19.1 Å². The molecule has 0 saturated carbocycles. The SMILES string of the molecule is Cc1cc(Br)cnc1NC(=O)c1ccccc1OC(F)F. The summed E-state index contributed by atoms with van der Waals surface area (Å²) in [7, 11) is 0. The van der Waals surface area contributed by atoms with Crippen molar-refractivity contribution < 1.29 is 18.3 Å². The highest BCUT2D eigenvalue weighted by Gasteiger charge is 2.16. The van der Waals surface area contributed by atoms with Crippen molar-refractivity contribution in [3.8, 4) is 5.75 Å². The van der Waals surface area contributed by atoms with Gasteiger partial charge in [-0.2, -0.15) is 8.78 Å². The number of aromatic nitrogens is 1. The Hall–Kier alpha value is -2.02. The van der Waals surface area contributed by atoms with Gasteiger partial charge in [0, 0.05) is 10.7 Å². The summed E-state index contributed by atoms with van der Waals surface area (Å²) in [5, 5.41) is 2.57. The Morgan fingerprint density at radius 3 is 2.76 bits per heavy atom. The van der Waals surface area contributed by atoms with Crippen molar-refractivity contribution in [3.05, 3.63) is 52.1 Å². The van der Waals surface area contributed by atoms with Crippen molar-refractivity contribution in [1.82, 2.24) is 4.98 Å². The Bertz CT molecular complexity index is 665. The quantitative estimate of drug-likeness (QED) is 0.900. The van der Waals surface area contributed by atoms with Gasteiger partial charge in [-0.05, 0) is 46.6 Å². The van der Waals surface area contributed by atoms with E-state index in [0.717, 1.165) is 10.0 Å². The molecule has 1 heterocycles. The molecule has 0 unspecified atom stereocenters. The third-order valence-electron chi connectivity index (χ3n) is 2.62. The lowest BCUT2D eigenvalue weighted by molar-refractivity contribution is -0.0501. The summed E-state index contributed by atoms with van der Waals surface area (Å²) in [4.78, 5) is 16.2. The largest absolute Gasteiger partial charge is 0.434 e. The van der Waals surface area contributed by atoms with Crippen LogP contribution in [0.5, 0.6) is 5.75 Å². The summed E-state index contributed by atoms with van der Waals surface area (Å²) in [6.07, 6.45) is 1.53. The van der Waals surface area contributed by atoms with Gasteiger partial charge in [0.2, 0.25) is 0 Å². The van der Waals surface area contributed by atoms with Gasteiger partial charge in [0.05, 0.1) is 5.56 Å². The van der Waals surface area contributed by atoms with Crippen molar-refractivity contribution in [2.45, 2.75) is 13.5 Å². The molecule has 21 heavy (non-hydrogen) atoms. The number of nitrogens with one attached hydrogen (secondary N) is 1. The van der Waals surface area contributed by atoms with Crippen LogP contribution in [-0.4, -0.2) is 17.5 Å². The molecule has 0 radical (unpaired) electrons. The molecule has 2 aromatic rings. The highest BCUT2D eigenvalue weighted by molar-refractivity contribution is 9.10. The number of carbonyl (C=O) groups is 1. The molecular weight excluding hydrogens is 346 g/mol. The third-order valence-corrected chi connectivity index (χ3v) is 3.06. The average Bonchev–Trinajstić information content (AvgIpc) is 2.42. The van der Waals surface area contributed by atoms with E-state index < -0.39 is 12.5 Å². The lowest BCUT2D eigenvalue weighted by Gasteiger charge is -2.11. The predicted molar refractivity (Wildman–Crippen MR) is 77.7 cm³/mol. The predicted octanol–water partition coefficient (Wildman–Crippen LogP) is 4.01. The number of hydrogen-bond acceptors (Lipinski definition) is 3. The van der Waals surface area contributed by atoms with Gasteiger partial charge in [0.1, 0.15) is 11.6 Å². The van der Waals surface area contributed by atoms with Crippen LogP contribution in [0, 0.1) is 6.92 Å². The first kappa shape index (κ1) is 15.4. The van der Waals surface area contributed by atoms with Crippen LogP contribution < -0.4 is 10.1 Å². The van der Waals surface area contributed by atoms with Crippen LogP contribution >= 0.6 is 15.9 Å². The molecule has 4 nitrogen and oxygen atoms in total. The van der Waals surface area contributed by atoms with Crippen LogP contribution in [0.25, 0.3) is 0 Å². The summed E-state index contributed by atoms with van der Waals surface area (Å²) >= 11 is 3.27. The number of amides is 1. The first-order valence-electron chi connectivity index (χ1n) is 5.94. The van der Waals surface area contributed by atoms with E-state index in [1.165, 1.54) is 24.4 Å². The summed E-state index contributed by atoms with van der Waals surface area (Å²) in [6.45, 7) is -1.22. The maximum atomic E-state index is 12.3. The van der Waals surface area contributed by atoms with Gasteiger partial charge in [0.15, 0.2) is 0 Å². The van der Waals surface area contributed by atoms with Gasteiger partial charge in [-0.15, -0.1) is 0 Å². The molecular formula is C14H11BrF2N2O2. The van der Waals surface area contributed by atoms with Crippen LogP contribution in [0.1, 0.15) is 15.9 Å². The second-order valence-electron chi connectivity index (χ2n) is 4.15. The Labute approximate surface area is 128 Å². The summed E-state index contributed by atoms with van der Waals surface area (Å²) in [6, 6.07) is 7.57. The Morgan fingerprint density at radius 1 is 1.38 bits per heavy atom. The Kier molecular flexibility index (Phi) is 4.85. The minimum Gasteiger partial charge on any atom is -0.434 e. The van der Waals surface area contributed by atoms with Crippen molar-refractivity contribution in [1.29, 1.82) is 0 Å². The van der Waals surface area contributed by atoms with E-state index in [4.69, 9.17) is 0 Å². The molecule has 1 aromatic heterocycles. The molecule has 110 valence electrons. The highest BCUT2D eigenvalue weighted by Crippen LogP contribution is 2.22. The third kappa shape index (κ3) is 3.98. The number of hydrogen-bond donors (Lipinski definition) is 1. The summed E-state index contributed by atoms with van der Waals surface area (Å²) < 4.78 is 29.8. The highest BCUT2D eigenvalue weighted by atomic mass is 79.9. The van der Waals surface area contributed by atoms with Crippen LogP contribution in [-0.2, 0) is 0 Å². The molecule has 0 bridgehead atoms. The molecule has 0 fully saturated rings. The number of anilines is 1. The number of nitrogens with zero attached hydrogens (tertiary/aromatic N) is 1. The maximum Gasteiger partial charge on any atom is 0.387 e. The van der Waals surface area contributed by atoms with Gasteiger partial charge in [0.25, 0.3) is 5.91 Å². The molecule has 0 aliphatic carbocycles. The maximum absolute atomic E-state index is 12.3. The van der Waals surface area contributed by atoms with E-state index in [2.05, 4.69) is 31.0 Å². The number of rotatable bonds is 4. The second kappa shape index (κ2) is 6.62. The van der Waals surface area contributed by atoms with Crippen molar-refractivity contribution in [2.75, 3.05) is 5.32 Å². The van der Waals surface area contributed by atoms with Gasteiger partial charge in [-0.3, -0.25) is 4.79 Å². The van der Waals surface area contributed by atoms with Crippen LogP contribution in [0.15, 0.2) is 41.0 Å². The normalized spacial score (nSPS) is 10.5. The van der Waals surface area contributed by atoms with Crippen molar-refractivity contribution in [3.63, 3.8) is 0 Å². The summed E-state index contributed by atoms with van der Waals surface area (Å²) in [5.74, 6) is -0.390. The van der Waals surface area contributed by atoms with E-state index in [9.17, 15) is 13.6 Å². The van der Waals surface area contributed by atoms with E-state index >= 15 is 0 Å². The van der Waals surface area contributed by atoms with Crippen LogP contribution in [0.3, 0.4) is 0 Å². The van der Waals surface area contributed by atoms with Crippen LogP contribution in [0.4, 0.5) is 14.6 Å². The lowest BCUT2D eigenvalue weighted by atomic mass is 10.2. The Balaban J connectivity index is 2.24. The molecule has 1 aromatic carbocycles. The molecule has 0 atom stereocenters. The number of pyridine rings is 1. The molecule has 0 aliphatic rings. The minimum atomic E-state index is -2.99. The minimum absolute atomic E-state index is 0.0157. The zero-order valence-corrected chi connectivity index (χ0v) is 12.5. The number of para-hydroxylation sites is 1. The smallest absolute Gasteiger partial charge is 0.387 e. The fourth-order valence-electron chi connectivity index (χ4n) is 1.70. The molecule has 0 spiro atoms. The molecule has 2 rings (SSSR count). The fourth-order valence-corrected chi connectivity index (χ4v) is 2.14. The second-order valence-corrected chi connectivity index (χ2v) is 5.06. The van der Waals surface area contributed by atoms with Gasteiger partial charge >= 0.3 is 6.61 Å². The molecule has 0 aliphatic heterocycles. The van der Waals surface area contributed by atoms with Gasteiger partial charge < -0.3 is 10.1 Å². The molecule has 0 saturated heterocycles. The number of halogens is 3. The molecule has 1 amide bonds. The lowest BCUT2D eigenvalue weighted by Crippen LogP contribution is -2.16. The standard InChI is InChI=1S/C14H11BrF2N2O2/c1-8-6-9(15)7-18-12(8)19-13(20)10-4-2-3-5-11(10)21-14(16)17/h2-7,14H,1H3,(H,18,19,20). The Morgan fingerprint density at radius 2 is 2.10 bits per heavy atom. The zero-order valence-electron chi connectivity index (χ0n) is 10.9. The molecule has 1 N–H and O–H groups in total.